The molecule has 0 spiro atoms. The molecule has 0 aliphatic carbocycles. The minimum atomic E-state index is -0.570. The number of hydrogen-bond acceptors (Lipinski definition) is 4. The monoisotopic (exact) mass is 442 g/mol. The third-order valence-corrected chi connectivity index (χ3v) is 4.52. The van der Waals surface area contributed by atoms with Crippen molar-refractivity contribution in [3.63, 3.8) is 0 Å². The first kappa shape index (κ1) is 22.3. The Bertz CT molecular complexity index is 1070. The van der Waals surface area contributed by atoms with Crippen LogP contribution in [0.5, 0.6) is 5.75 Å². The van der Waals surface area contributed by atoms with Gasteiger partial charge in [0.25, 0.3) is 11.8 Å². The van der Waals surface area contributed by atoms with Crippen LogP contribution in [0.3, 0.4) is 0 Å². The molecule has 160 valence electrons. The summed E-state index contributed by atoms with van der Waals surface area (Å²) in [5.41, 5.74) is 1.57. The van der Waals surface area contributed by atoms with Crippen LogP contribution < -0.4 is 15.4 Å². The first-order valence-corrected chi connectivity index (χ1v) is 9.73. The molecule has 2 N–H and O–H groups in total. The van der Waals surface area contributed by atoms with Crippen molar-refractivity contribution < 1.29 is 23.5 Å². The van der Waals surface area contributed by atoms with Gasteiger partial charge in [0, 0.05) is 29.6 Å². The molecule has 0 radical (unpaired) electrons. The van der Waals surface area contributed by atoms with Gasteiger partial charge < -0.3 is 20.1 Å². The fourth-order valence-corrected chi connectivity index (χ4v) is 2.84. The Hall–Kier alpha value is -3.42. The highest BCUT2D eigenvalue weighted by Crippen LogP contribution is 2.21. The Kier molecular flexibility index (Phi) is 7.59. The van der Waals surface area contributed by atoms with Gasteiger partial charge in [-0.15, -0.1) is 0 Å². The van der Waals surface area contributed by atoms with E-state index in [0.29, 0.717) is 41.5 Å². The van der Waals surface area contributed by atoms with Crippen LogP contribution in [-0.2, 0) is 4.74 Å². The molecule has 2 amide bonds. The van der Waals surface area contributed by atoms with E-state index in [2.05, 4.69) is 10.6 Å². The molecule has 31 heavy (non-hydrogen) atoms. The number of carbonyl (C=O) groups is 2. The van der Waals surface area contributed by atoms with Crippen LogP contribution in [-0.4, -0.2) is 32.1 Å². The van der Waals surface area contributed by atoms with Crippen molar-refractivity contribution >= 4 is 34.8 Å². The maximum Gasteiger partial charge on any atom is 0.255 e. The lowest BCUT2D eigenvalue weighted by Crippen LogP contribution is -2.14. The fraction of sp³-hybridized carbons (Fsp3) is 0.130. The van der Waals surface area contributed by atoms with Gasteiger partial charge in [0.05, 0.1) is 11.6 Å². The van der Waals surface area contributed by atoms with Crippen LogP contribution >= 0.6 is 11.6 Å². The Morgan fingerprint density at radius 1 is 0.871 bits per heavy atom. The van der Waals surface area contributed by atoms with Gasteiger partial charge in [-0.1, -0.05) is 17.7 Å². The maximum atomic E-state index is 13.3. The standard InChI is InChI=1S/C23H20ClFN2O4/c1-30-11-12-31-19-8-5-15(6-9-19)22(28)26-17-4-2-3-16(13-17)23(29)27-18-7-10-21(25)20(24)14-18/h2-10,13-14H,11-12H2,1H3,(H,26,28)(H,27,29). The van der Waals surface area contributed by atoms with Gasteiger partial charge in [0.2, 0.25) is 0 Å². The first-order valence-electron chi connectivity index (χ1n) is 9.36. The molecule has 0 aliphatic rings. The van der Waals surface area contributed by atoms with E-state index < -0.39 is 11.7 Å². The number of ether oxygens (including phenoxy) is 2. The Morgan fingerprint density at radius 2 is 1.55 bits per heavy atom. The second kappa shape index (κ2) is 10.6. The van der Waals surface area contributed by atoms with Crippen molar-refractivity contribution in [3.8, 4) is 5.75 Å². The van der Waals surface area contributed by atoms with Gasteiger partial charge in [0.15, 0.2) is 0 Å². The predicted molar refractivity (Wildman–Crippen MR) is 118 cm³/mol. The smallest absolute Gasteiger partial charge is 0.255 e. The summed E-state index contributed by atoms with van der Waals surface area (Å²) < 4.78 is 23.7. The molecule has 3 aromatic rings. The number of anilines is 2. The number of benzene rings is 3. The SMILES string of the molecule is COCCOc1ccc(C(=O)Nc2cccc(C(=O)Nc3ccc(F)c(Cl)c3)c2)cc1. The summed E-state index contributed by atoms with van der Waals surface area (Å²) in [6.07, 6.45) is 0. The molecule has 6 nitrogen and oxygen atoms in total. The number of methoxy groups -OCH3 is 1. The molecule has 0 aliphatic heterocycles. The van der Waals surface area contributed by atoms with Crippen molar-refractivity contribution in [2.24, 2.45) is 0 Å². The van der Waals surface area contributed by atoms with Crippen molar-refractivity contribution in [3.05, 3.63) is 88.7 Å². The summed E-state index contributed by atoms with van der Waals surface area (Å²) in [7, 11) is 1.59. The number of hydrogen-bond donors (Lipinski definition) is 2. The highest BCUT2D eigenvalue weighted by Gasteiger charge is 2.11. The number of amides is 2. The number of halogens is 2. The average molecular weight is 443 g/mol. The van der Waals surface area contributed by atoms with Crippen molar-refractivity contribution in [1.29, 1.82) is 0 Å². The van der Waals surface area contributed by atoms with Crippen molar-refractivity contribution in [2.75, 3.05) is 31.0 Å². The largest absolute Gasteiger partial charge is 0.491 e. The molecule has 0 bridgehead atoms. The lowest BCUT2D eigenvalue weighted by Gasteiger charge is -2.10. The summed E-state index contributed by atoms with van der Waals surface area (Å²) >= 11 is 5.74. The molecule has 0 heterocycles. The Morgan fingerprint density at radius 3 is 2.23 bits per heavy atom. The number of rotatable bonds is 8. The molecule has 0 fully saturated rings. The van der Waals surface area contributed by atoms with E-state index in [1.807, 2.05) is 0 Å². The summed E-state index contributed by atoms with van der Waals surface area (Å²) in [5.74, 6) is -0.685. The molecule has 0 atom stereocenters. The molecule has 0 saturated carbocycles. The highest BCUT2D eigenvalue weighted by molar-refractivity contribution is 6.31. The number of nitrogens with one attached hydrogen (secondary N) is 2. The van der Waals surface area contributed by atoms with E-state index in [-0.39, 0.29) is 10.9 Å². The van der Waals surface area contributed by atoms with Crippen molar-refractivity contribution in [1.82, 2.24) is 0 Å². The summed E-state index contributed by atoms with van der Waals surface area (Å²) in [4.78, 5) is 25.0. The Balaban J connectivity index is 1.63. The van der Waals surface area contributed by atoms with Gasteiger partial charge in [-0.25, -0.2) is 4.39 Å². The van der Waals surface area contributed by atoms with Crippen LogP contribution in [0.2, 0.25) is 5.02 Å². The highest BCUT2D eigenvalue weighted by atomic mass is 35.5. The molecular formula is C23H20ClFN2O4. The molecule has 0 aromatic heterocycles. The van der Waals surface area contributed by atoms with E-state index in [9.17, 15) is 14.0 Å². The van der Waals surface area contributed by atoms with E-state index in [1.165, 1.54) is 18.2 Å². The zero-order valence-corrected chi connectivity index (χ0v) is 17.4. The second-order valence-electron chi connectivity index (χ2n) is 6.48. The zero-order chi connectivity index (χ0) is 22.2. The molecule has 0 unspecified atom stereocenters. The quantitative estimate of drug-likeness (QED) is 0.481. The molecule has 3 aromatic carbocycles. The third-order valence-electron chi connectivity index (χ3n) is 4.23. The molecule has 3 rings (SSSR count). The first-order chi connectivity index (χ1) is 15.0. The van der Waals surface area contributed by atoms with Crippen LogP contribution in [0.15, 0.2) is 66.7 Å². The van der Waals surface area contributed by atoms with E-state index in [4.69, 9.17) is 21.1 Å². The molecule has 8 heteroatoms. The van der Waals surface area contributed by atoms with E-state index in [1.54, 1.807) is 55.6 Å². The van der Waals surface area contributed by atoms with E-state index in [0.717, 1.165) is 0 Å². The lowest BCUT2D eigenvalue weighted by atomic mass is 10.1. The maximum absolute atomic E-state index is 13.3. The summed E-state index contributed by atoms with van der Waals surface area (Å²) in [6.45, 7) is 0.890. The fourth-order valence-electron chi connectivity index (χ4n) is 2.66. The van der Waals surface area contributed by atoms with E-state index >= 15 is 0 Å². The minimum absolute atomic E-state index is 0.0890. The minimum Gasteiger partial charge on any atom is -0.491 e. The topological polar surface area (TPSA) is 76.7 Å². The van der Waals surface area contributed by atoms with Crippen LogP contribution in [0.4, 0.5) is 15.8 Å². The van der Waals surface area contributed by atoms with Gasteiger partial charge in [-0.05, 0) is 60.7 Å². The summed E-state index contributed by atoms with van der Waals surface area (Å²) in [6, 6.07) is 17.0. The van der Waals surface area contributed by atoms with Crippen molar-refractivity contribution in [2.45, 2.75) is 0 Å². The number of carbonyl (C=O) groups excluding carboxylic acids is 2. The van der Waals surface area contributed by atoms with Gasteiger partial charge in [0.1, 0.15) is 18.2 Å². The lowest BCUT2D eigenvalue weighted by molar-refractivity contribution is 0.101. The van der Waals surface area contributed by atoms with Crippen LogP contribution in [0, 0.1) is 5.82 Å². The summed E-state index contributed by atoms with van der Waals surface area (Å²) in [5, 5.41) is 5.31. The second-order valence-corrected chi connectivity index (χ2v) is 6.89. The average Bonchev–Trinajstić information content (AvgIpc) is 2.77. The normalized spacial score (nSPS) is 10.4. The van der Waals surface area contributed by atoms with Gasteiger partial charge in [-0.3, -0.25) is 9.59 Å². The molecular weight excluding hydrogens is 423 g/mol. The van der Waals surface area contributed by atoms with Crippen LogP contribution in [0.25, 0.3) is 0 Å². The third kappa shape index (κ3) is 6.28. The van der Waals surface area contributed by atoms with Crippen LogP contribution in [0.1, 0.15) is 20.7 Å². The van der Waals surface area contributed by atoms with Gasteiger partial charge in [-0.2, -0.15) is 0 Å². The zero-order valence-electron chi connectivity index (χ0n) is 16.7. The van der Waals surface area contributed by atoms with Gasteiger partial charge >= 0.3 is 0 Å². The Labute approximate surface area is 183 Å². The molecule has 0 saturated heterocycles. The predicted octanol–water partition coefficient (Wildman–Crippen LogP) is 5.01.